The first kappa shape index (κ1) is 12.7. The molecule has 6 nitrogen and oxygen atoms in total. The average Bonchev–Trinajstić information content (AvgIpc) is 2.99. The van der Waals surface area contributed by atoms with Gasteiger partial charge in [-0.15, -0.1) is 0 Å². The summed E-state index contributed by atoms with van der Waals surface area (Å²) < 4.78 is 16.5. The van der Waals surface area contributed by atoms with Crippen molar-refractivity contribution in [2.75, 3.05) is 37.9 Å². The minimum atomic E-state index is 0.0600. The van der Waals surface area contributed by atoms with Crippen LogP contribution in [0.1, 0.15) is 0 Å². The van der Waals surface area contributed by atoms with Crippen molar-refractivity contribution in [3.8, 4) is 11.5 Å². The third kappa shape index (κ3) is 2.16. The quantitative estimate of drug-likeness (QED) is 0.893. The Balaban J connectivity index is 1.78. The van der Waals surface area contributed by atoms with Gasteiger partial charge in [-0.25, -0.2) is 4.98 Å². The lowest BCUT2D eigenvalue weighted by Crippen LogP contribution is -2.46. The smallest absolute Gasteiger partial charge is 0.231 e. The Labute approximate surface area is 122 Å². The Morgan fingerprint density at radius 2 is 2.14 bits per heavy atom. The van der Waals surface area contributed by atoms with Crippen LogP contribution in [0.25, 0.3) is 10.8 Å². The number of aromatic nitrogens is 1. The van der Waals surface area contributed by atoms with Crippen molar-refractivity contribution < 1.29 is 14.2 Å². The summed E-state index contributed by atoms with van der Waals surface area (Å²) >= 11 is 0. The van der Waals surface area contributed by atoms with E-state index < -0.39 is 0 Å². The highest BCUT2D eigenvalue weighted by Gasteiger charge is 2.23. The van der Waals surface area contributed by atoms with E-state index in [0.717, 1.165) is 41.2 Å². The van der Waals surface area contributed by atoms with Gasteiger partial charge in [-0.05, 0) is 23.6 Å². The number of ether oxygens (including phenoxy) is 3. The minimum absolute atomic E-state index is 0.0600. The third-order valence-electron chi connectivity index (χ3n) is 3.94. The number of nitrogens with zero attached hydrogens (tertiary/aromatic N) is 2. The van der Waals surface area contributed by atoms with Gasteiger partial charge < -0.3 is 24.8 Å². The van der Waals surface area contributed by atoms with E-state index in [4.69, 9.17) is 19.9 Å². The normalized spacial score (nSPS) is 21.0. The summed E-state index contributed by atoms with van der Waals surface area (Å²) in [6.07, 6.45) is 1.89. The van der Waals surface area contributed by atoms with Crippen LogP contribution in [0.3, 0.4) is 0 Å². The van der Waals surface area contributed by atoms with Crippen LogP contribution in [-0.2, 0) is 4.74 Å². The Bertz CT molecular complexity index is 677. The summed E-state index contributed by atoms with van der Waals surface area (Å²) in [6, 6.07) is 6.00. The van der Waals surface area contributed by atoms with Gasteiger partial charge in [0.2, 0.25) is 6.79 Å². The van der Waals surface area contributed by atoms with Crippen molar-refractivity contribution in [1.29, 1.82) is 0 Å². The highest BCUT2D eigenvalue weighted by atomic mass is 16.7. The van der Waals surface area contributed by atoms with Crippen LogP contribution in [0, 0.1) is 0 Å². The molecule has 110 valence electrons. The van der Waals surface area contributed by atoms with E-state index in [-0.39, 0.29) is 12.9 Å². The van der Waals surface area contributed by atoms with E-state index in [1.54, 1.807) is 0 Å². The molecule has 21 heavy (non-hydrogen) atoms. The maximum atomic E-state index is 5.72. The summed E-state index contributed by atoms with van der Waals surface area (Å²) in [6.45, 7) is 3.05. The van der Waals surface area contributed by atoms with E-state index in [0.29, 0.717) is 13.2 Å². The second kappa shape index (κ2) is 5.05. The highest BCUT2D eigenvalue weighted by molar-refractivity contribution is 5.94. The molecule has 1 fully saturated rings. The molecule has 1 unspecified atom stereocenters. The molecule has 4 rings (SSSR count). The van der Waals surface area contributed by atoms with Gasteiger partial charge in [-0.3, -0.25) is 0 Å². The molecule has 3 heterocycles. The number of nitrogens with two attached hydrogens (primary N) is 1. The molecule has 0 radical (unpaired) electrons. The van der Waals surface area contributed by atoms with Crippen LogP contribution in [0.15, 0.2) is 24.4 Å². The fourth-order valence-corrected chi connectivity index (χ4v) is 2.85. The van der Waals surface area contributed by atoms with Crippen LogP contribution in [0.4, 0.5) is 5.82 Å². The molecule has 0 amide bonds. The Kier molecular flexibility index (Phi) is 3.05. The molecule has 0 saturated carbocycles. The van der Waals surface area contributed by atoms with Crippen LogP contribution >= 0.6 is 0 Å². The number of rotatable bonds is 2. The molecule has 2 aromatic rings. The molecule has 2 aliphatic heterocycles. The Morgan fingerprint density at radius 3 is 3.00 bits per heavy atom. The largest absolute Gasteiger partial charge is 0.454 e. The van der Waals surface area contributed by atoms with Crippen LogP contribution < -0.4 is 20.1 Å². The van der Waals surface area contributed by atoms with Crippen molar-refractivity contribution in [1.82, 2.24) is 4.98 Å². The maximum absolute atomic E-state index is 5.72. The number of fused-ring (bicyclic) bond motifs is 2. The van der Waals surface area contributed by atoms with Gasteiger partial charge in [0.1, 0.15) is 5.82 Å². The fourth-order valence-electron chi connectivity index (χ4n) is 2.85. The van der Waals surface area contributed by atoms with E-state index in [9.17, 15) is 0 Å². The number of hydrogen-bond acceptors (Lipinski definition) is 6. The van der Waals surface area contributed by atoms with Gasteiger partial charge in [-0.1, -0.05) is 0 Å². The van der Waals surface area contributed by atoms with E-state index in [1.165, 1.54) is 0 Å². The molecule has 0 aliphatic carbocycles. The van der Waals surface area contributed by atoms with Crippen molar-refractivity contribution in [3.63, 3.8) is 0 Å². The second-order valence-electron chi connectivity index (χ2n) is 5.24. The zero-order valence-electron chi connectivity index (χ0n) is 11.6. The van der Waals surface area contributed by atoms with Gasteiger partial charge >= 0.3 is 0 Å². The molecular formula is C15H17N3O3. The van der Waals surface area contributed by atoms with Crippen LogP contribution in [-0.4, -0.2) is 44.1 Å². The molecule has 2 aliphatic rings. The first-order chi connectivity index (χ1) is 10.3. The van der Waals surface area contributed by atoms with Gasteiger partial charge in [-0.2, -0.15) is 0 Å². The topological polar surface area (TPSA) is 69.8 Å². The van der Waals surface area contributed by atoms with Gasteiger partial charge in [0.15, 0.2) is 11.5 Å². The summed E-state index contributed by atoms with van der Waals surface area (Å²) in [5.74, 6) is 2.52. The summed E-state index contributed by atoms with van der Waals surface area (Å²) in [5.41, 5.74) is 5.72. The third-order valence-corrected chi connectivity index (χ3v) is 3.94. The average molecular weight is 287 g/mol. The van der Waals surface area contributed by atoms with Crippen molar-refractivity contribution >= 4 is 16.6 Å². The molecule has 2 N–H and O–H groups in total. The van der Waals surface area contributed by atoms with E-state index >= 15 is 0 Å². The molecular weight excluding hydrogens is 270 g/mol. The SMILES string of the molecule is NCC1CN(c2nccc3cc4c(cc23)OCO4)CCO1. The predicted octanol–water partition coefficient (Wildman–Crippen LogP) is 1.13. The molecule has 6 heteroatoms. The number of pyridine rings is 1. The van der Waals surface area contributed by atoms with Crippen LogP contribution in [0.5, 0.6) is 11.5 Å². The zero-order chi connectivity index (χ0) is 14.2. The van der Waals surface area contributed by atoms with Crippen molar-refractivity contribution in [3.05, 3.63) is 24.4 Å². The monoisotopic (exact) mass is 287 g/mol. The summed E-state index contributed by atoms with van der Waals surface area (Å²) in [7, 11) is 0. The van der Waals surface area contributed by atoms with Crippen molar-refractivity contribution in [2.24, 2.45) is 5.73 Å². The lowest BCUT2D eigenvalue weighted by molar-refractivity contribution is 0.0464. The van der Waals surface area contributed by atoms with Gasteiger partial charge in [0, 0.05) is 31.2 Å². The molecule has 0 spiro atoms. The molecule has 1 saturated heterocycles. The minimum Gasteiger partial charge on any atom is -0.454 e. The van der Waals surface area contributed by atoms with Crippen LogP contribution in [0.2, 0.25) is 0 Å². The number of morpholine rings is 1. The first-order valence-electron chi connectivity index (χ1n) is 7.10. The number of hydrogen-bond donors (Lipinski definition) is 1. The first-order valence-corrected chi connectivity index (χ1v) is 7.10. The summed E-state index contributed by atoms with van der Waals surface area (Å²) in [5, 5.41) is 2.17. The highest BCUT2D eigenvalue weighted by Crippen LogP contribution is 2.38. The standard InChI is InChI=1S/C15H17N3O3/c16-7-11-8-18(3-4-19-11)15-12-6-14-13(20-9-21-14)5-10(12)1-2-17-15/h1-2,5-6,11H,3-4,7-9,16H2. The zero-order valence-corrected chi connectivity index (χ0v) is 11.6. The number of benzene rings is 1. The Morgan fingerprint density at radius 1 is 1.29 bits per heavy atom. The lowest BCUT2D eigenvalue weighted by atomic mass is 10.1. The van der Waals surface area contributed by atoms with Crippen molar-refractivity contribution in [2.45, 2.75) is 6.10 Å². The number of anilines is 1. The lowest BCUT2D eigenvalue weighted by Gasteiger charge is -2.33. The molecule has 1 aromatic carbocycles. The molecule has 1 atom stereocenters. The van der Waals surface area contributed by atoms with E-state index in [2.05, 4.69) is 9.88 Å². The molecule has 0 bridgehead atoms. The van der Waals surface area contributed by atoms with Gasteiger partial charge in [0.05, 0.1) is 12.7 Å². The van der Waals surface area contributed by atoms with Gasteiger partial charge in [0.25, 0.3) is 0 Å². The predicted molar refractivity (Wildman–Crippen MR) is 78.9 cm³/mol. The second-order valence-corrected chi connectivity index (χ2v) is 5.24. The molecule has 1 aromatic heterocycles. The fraction of sp³-hybridized carbons (Fsp3) is 0.400. The summed E-state index contributed by atoms with van der Waals surface area (Å²) in [4.78, 5) is 6.79. The maximum Gasteiger partial charge on any atom is 0.231 e. The Hall–Kier alpha value is -2.05. The van der Waals surface area contributed by atoms with E-state index in [1.807, 2.05) is 24.4 Å².